The van der Waals surface area contributed by atoms with Crippen LogP contribution >= 0.6 is 11.3 Å². The summed E-state index contributed by atoms with van der Waals surface area (Å²) in [4.78, 5) is 4.84. The first-order valence-corrected chi connectivity index (χ1v) is 8.49. The topological polar surface area (TPSA) is 48.1 Å². The van der Waals surface area contributed by atoms with E-state index in [2.05, 4.69) is 5.38 Å². The Balaban J connectivity index is 1.92. The lowest BCUT2D eigenvalue weighted by Crippen LogP contribution is -2.35. The maximum atomic E-state index is 6.66. The van der Waals surface area contributed by atoms with E-state index >= 15 is 0 Å². The summed E-state index contributed by atoms with van der Waals surface area (Å²) in [5.74, 6) is 0.862. The molecule has 0 spiro atoms. The normalized spacial score (nSPS) is 18.2. The third-order valence-electron chi connectivity index (χ3n) is 4.31. The smallest absolute Gasteiger partial charge is 0.128 e. The van der Waals surface area contributed by atoms with Crippen LogP contribution in [0.15, 0.2) is 29.6 Å². The van der Waals surface area contributed by atoms with E-state index in [1.165, 1.54) is 25.7 Å². The van der Waals surface area contributed by atoms with Crippen LogP contribution in [0.3, 0.4) is 0 Å². The van der Waals surface area contributed by atoms with E-state index in [0.29, 0.717) is 0 Å². The monoisotopic (exact) mass is 302 g/mol. The highest BCUT2D eigenvalue weighted by Gasteiger charge is 2.31. The van der Waals surface area contributed by atoms with Crippen molar-refractivity contribution in [3.8, 4) is 17.0 Å². The largest absolute Gasteiger partial charge is 0.496 e. The highest BCUT2D eigenvalue weighted by atomic mass is 32.1. The number of nitrogens with two attached hydrogens (primary N) is 1. The van der Waals surface area contributed by atoms with E-state index in [0.717, 1.165) is 34.9 Å². The summed E-state index contributed by atoms with van der Waals surface area (Å²) >= 11 is 1.69. The number of methoxy groups -OCH3 is 1. The molecule has 1 fully saturated rings. The zero-order chi connectivity index (χ0) is 14.7. The molecule has 2 aromatic rings. The summed E-state index contributed by atoms with van der Waals surface area (Å²) < 4.78 is 5.43. The number of hydrogen-bond donors (Lipinski definition) is 1. The van der Waals surface area contributed by atoms with Gasteiger partial charge >= 0.3 is 0 Å². The standard InChI is InChI=1S/C17H22N2OS/c1-20-15-9-5-4-8-13(15)14-12-21-16(19-14)17(18)10-6-2-3-7-11-17/h4-5,8-9,12H,2-3,6-7,10-11,18H2,1H3. The summed E-state index contributed by atoms with van der Waals surface area (Å²) in [6, 6.07) is 8.01. The van der Waals surface area contributed by atoms with Crippen molar-refractivity contribution in [1.29, 1.82) is 0 Å². The highest BCUT2D eigenvalue weighted by Crippen LogP contribution is 2.38. The first-order valence-electron chi connectivity index (χ1n) is 7.61. The molecular weight excluding hydrogens is 280 g/mol. The molecule has 0 unspecified atom stereocenters. The number of rotatable bonds is 3. The van der Waals surface area contributed by atoms with Gasteiger partial charge in [-0.1, -0.05) is 37.8 Å². The highest BCUT2D eigenvalue weighted by molar-refractivity contribution is 7.10. The predicted octanol–water partition coefficient (Wildman–Crippen LogP) is 4.33. The van der Waals surface area contributed by atoms with Gasteiger partial charge in [0.05, 0.1) is 18.3 Å². The van der Waals surface area contributed by atoms with Crippen molar-refractivity contribution in [1.82, 2.24) is 4.98 Å². The van der Waals surface area contributed by atoms with Crippen molar-refractivity contribution in [2.75, 3.05) is 7.11 Å². The van der Waals surface area contributed by atoms with Gasteiger partial charge in [-0.3, -0.25) is 0 Å². The third kappa shape index (κ3) is 2.97. The van der Waals surface area contributed by atoms with Crippen LogP contribution in [0.4, 0.5) is 0 Å². The fourth-order valence-electron chi connectivity index (χ4n) is 3.06. The molecule has 1 heterocycles. The molecule has 0 bridgehead atoms. The first-order chi connectivity index (χ1) is 10.2. The van der Waals surface area contributed by atoms with Crippen LogP contribution in [-0.4, -0.2) is 12.1 Å². The minimum Gasteiger partial charge on any atom is -0.496 e. The molecule has 1 saturated carbocycles. The molecule has 1 aromatic heterocycles. The first kappa shape index (κ1) is 14.5. The van der Waals surface area contributed by atoms with Gasteiger partial charge in [-0.2, -0.15) is 0 Å². The van der Waals surface area contributed by atoms with Crippen molar-refractivity contribution in [2.24, 2.45) is 5.73 Å². The van der Waals surface area contributed by atoms with E-state index in [1.807, 2.05) is 24.3 Å². The zero-order valence-electron chi connectivity index (χ0n) is 12.5. The Labute approximate surface area is 130 Å². The van der Waals surface area contributed by atoms with Crippen LogP contribution in [0.1, 0.15) is 43.5 Å². The molecule has 0 radical (unpaired) electrons. The molecule has 0 amide bonds. The molecule has 112 valence electrons. The molecule has 4 heteroatoms. The summed E-state index contributed by atoms with van der Waals surface area (Å²) in [6.45, 7) is 0. The molecule has 0 saturated heterocycles. The Morgan fingerprint density at radius 3 is 2.57 bits per heavy atom. The number of para-hydroxylation sites is 1. The number of aromatic nitrogens is 1. The van der Waals surface area contributed by atoms with Gasteiger partial charge in [0.25, 0.3) is 0 Å². The minimum absolute atomic E-state index is 0.235. The Morgan fingerprint density at radius 2 is 1.86 bits per heavy atom. The lowest BCUT2D eigenvalue weighted by Gasteiger charge is -2.25. The fraction of sp³-hybridized carbons (Fsp3) is 0.471. The predicted molar refractivity (Wildman–Crippen MR) is 87.7 cm³/mol. The zero-order valence-corrected chi connectivity index (χ0v) is 13.3. The van der Waals surface area contributed by atoms with Crippen LogP contribution in [0, 0.1) is 0 Å². The lowest BCUT2D eigenvalue weighted by molar-refractivity contribution is 0.384. The van der Waals surface area contributed by atoms with Crippen LogP contribution in [0.5, 0.6) is 5.75 Å². The SMILES string of the molecule is COc1ccccc1-c1csc(C2(N)CCCCCC2)n1. The molecule has 0 atom stereocenters. The molecule has 1 aromatic carbocycles. The second-order valence-corrected chi connectivity index (χ2v) is 6.67. The molecular formula is C17H22N2OS. The lowest BCUT2D eigenvalue weighted by atomic mass is 9.92. The summed E-state index contributed by atoms with van der Waals surface area (Å²) in [5, 5.41) is 3.18. The van der Waals surface area contributed by atoms with Gasteiger partial charge < -0.3 is 10.5 Å². The molecule has 0 aliphatic heterocycles. The second kappa shape index (κ2) is 6.16. The van der Waals surface area contributed by atoms with Gasteiger partial charge in [-0.25, -0.2) is 4.98 Å². The van der Waals surface area contributed by atoms with Crippen LogP contribution in [0.2, 0.25) is 0 Å². The Hall–Kier alpha value is -1.39. The van der Waals surface area contributed by atoms with Crippen molar-refractivity contribution in [2.45, 2.75) is 44.1 Å². The van der Waals surface area contributed by atoms with E-state index in [4.69, 9.17) is 15.5 Å². The number of ether oxygens (including phenoxy) is 1. The Kier molecular flexibility index (Phi) is 4.27. The summed E-state index contributed by atoms with van der Waals surface area (Å²) in [5.41, 5.74) is 8.44. The molecule has 3 rings (SSSR count). The van der Waals surface area contributed by atoms with E-state index in [9.17, 15) is 0 Å². The number of nitrogens with zero attached hydrogens (tertiary/aromatic N) is 1. The number of benzene rings is 1. The Bertz CT molecular complexity index is 600. The Morgan fingerprint density at radius 1 is 1.14 bits per heavy atom. The molecule has 2 N–H and O–H groups in total. The number of thiazole rings is 1. The van der Waals surface area contributed by atoms with Gasteiger partial charge in [0.2, 0.25) is 0 Å². The fourth-order valence-corrected chi connectivity index (χ4v) is 4.05. The average Bonchev–Trinajstić information content (AvgIpc) is 2.91. The molecule has 3 nitrogen and oxygen atoms in total. The van der Waals surface area contributed by atoms with Crippen molar-refractivity contribution < 1.29 is 4.74 Å². The summed E-state index contributed by atoms with van der Waals surface area (Å²) in [7, 11) is 1.70. The maximum absolute atomic E-state index is 6.66. The van der Waals surface area contributed by atoms with Gasteiger partial charge in [0, 0.05) is 10.9 Å². The van der Waals surface area contributed by atoms with E-state index < -0.39 is 0 Å². The minimum atomic E-state index is -0.235. The van der Waals surface area contributed by atoms with Crippen LogP contribution in [0.25, 0.3) is 11.3 Å². The maximum Gasteiger partial charge on any atom is 0.128 e. The number of hydrogen-bond acceptors (Lipinski definition) is 4. The third-order valence-corrected chi connectivity index (χ3v) is 5.37. The van der Waals surface area contributed by atoms with Gasteiger partial charge in [-0.05, 0) is 25.0 Å². The van der Waals surface area contributed by atoms with Crippen LogP contribution in [-0.2, 0) is 5.54 Å². The van der Waals surface area contributed by atoms with Crippen LogP contribution < -0.4 is 10.5 Å². The second-order valence-electron chi connectivity index (χ2n) is 5.81. The van der Waals surface area contributed by atoms with Gasteiger partial charge in [0.15, 0.2) is 0 Å². The average molecular weight is 302 g/mol. The van der Waals surface area contributed by atoms with Crippen molar-refractivity contribution >= 4 is 11.3 Å². The molecule has 1 aliphatic carbocycles. The van der Waals surface area contributed by atoms with Crippen molar-refractivity contribution in [3.63, 3.8) is 0 Å². The van der Waals surface area contributed by atoms with E-state index in [1.54, 1.807) is 18.4 Å². The quantitative estimate of drug-likeness (QED) is 0.859. The van der Waals surface area contributed by atoms with Gasteiger partial charge in [0.1, 0.15) is 10.8 Å². The summed E-state index contributed by atoms with van der Waals surface area (Å²) in [6.07, 6.45) is 7.10. The van der Waals surface area contributed by atoms with E-state index in [-0.39, 0.29) is 5.54 Å². The van der Waals surface area contributed by atoms with Crippen molar-refractivity contribution in [3.05, 3.63) is 34.7 Å². The van der Waals surface area contributed by atoms with Gasteiger partial charge in [-0.15, -0.1) is 11.3 Å². The molecule has 21 heavy (non-hydrogen) atoms. The molecule has 1 aliphatic rings.